The molecule has 0 aliphatic heterocycles. The summed E-state index contributed by atoms with van der Waals surface area (Å²) in [6.45, 7) is 10.2. The molecule has 0 atom stereocenters. The van der Waals surface area contributed by atoms with Gasteiger partial charge in [-0.1, -0.05) is 38.1 Å². The van der Waals surface area contributed by atoms with E-state index in [1.54, 1.807) is 12.1 Å². The molecule has 2 nitrogen and oxygen atoms in total. The first-order valence-corrected chi connectivity index (χ1v) is 8.74. The molecule has 24 heavy (non-hydrogen) atoms. The molecular formula is C22H28O2. The third-order valence-corrected chi connectivity index (χ3v) is 3.73. The Bertz CT molecular complexity index is 704. The smallest absolute Gasteiger partial charge is 0.120 e. The highest BCUT2D eigenvalue weighted by atomic mass is 16.5. The molecule has 0 fully saturated rings. The van der Waals surface area contributed by atoms with Gasteiger partial charge in [0, 0.05) is 0 Å². The first kappa shape index (κ1) is 18.1. The van der Waals surface area contributed by atoms with Crippen LogP contribution in [0.15, 0.2) is 48.5 Å². The lowest BCUT2D eigenvalue weighted by Gasteiger charge is -2.24. The highest BCUT2D eigenvalue weighted by Gasteiger charge is 2.17. The van der Waals surface area contributed by atoms with Gasteiger partial charge in [-0.05, 0) is 80.1 Å². The molecule has 0 aromatic heterocycles. The highest BCUT2D eigenvalue weighted by Crippen LogP contribution is 2.34. The van der Waals surface area contributed by atoms with Crippen molar-refractivity contribution in [3.63, 3.8) is 0 Å². The van der Waals surface area contributed by atoms with Crippen molar-refractivity contribution in [3.05, 3.63) is 65.2 Å². The van der Waals surface area contributed by atoms with E-state index in [9.17, 15) is 5.11 Å². The van der Waals surface area contributed by atoms with Gasteiger partial charge in [0.15, 0.2) is 0 Å². The molecule has 0 spiro atoms. The van der Waals surface area contributed by atoms with E-state index >= 15 is 0 Å². The molecule has 2 aromatic carbocycles. The Morgan fingerprint density at radius 1 is 0.958 bits per heavy atom. The Labute approximate surface area is 145 Å². The Balaban J connectivity index is 0.00000100. The summed E-state index contributed by atoms with van der Waals surface area (Å²) in [5, 5.41) is 9.46. The molecule has 0 amide bonds. The molecule has 2 aromatic rings. The molecule has 1 aliphatic carbocycles. The van der Waals surface area contributed by atoms with Crippen molar-refractivity contribution in [2.75, 3.05) is 0 Å². The summed E-state index contributed by atoms with van der Waals surface area (Å²) in [7, 11) is 0. The normalized spacial score (nSPS) is 13.3. The average Bonchev–Trinajstić information content (AvgIpc) is 2.55. The number of hydrogen-bond donors (Lipinski definition) is 1. The van der Waals surface area contributed by atoms with Gasteiger partial charge in [-0.15, -0.1) is 0 Å². The van der Waals surface area contributed by atoms with E-state index in [1.807, 2.05) is 32.0 Å². The molecular weight excluding hydrogens is 296 g/mol. The predicted molar refractivity (Wildman–Crippen MR) is 102 cm³/mol. The number of phenols is 1. The minimum Gasteiger partial charge on any atom is -0.508 e. The Hall–Kier alpha value is -2.22. The Morgan fingerprint density at radius 2 is 1.62 bits per heavy atom. The zero-order valence-corrected chi connectivity index (χ0v) is 15.4. The number of phenolic OH excluding ortho intramolecular Hbond substituents is 1. The summed E-state index contributed by atoms with van der Waals surface area (Å²) < 4.78 is 5.97. The van der Waals surface area contributed by atoms with Crippen LogP contribution < -0.4 is 4.74 Å². The number of hydrogen-bond acceptors (Lipinski definition) is 2. The van der Waals surface area contributed by atoms with Crippen molar-refractivity contribution >= 4 is 5.57 Å². The van der Waals surface area contributed by atoms with E-state index in [0.29, 0.717) is 5.75 Å². The number of benzene rings is 2. The number of fused-ring (bicyclic) bond motifs is 1. The van der Waals surface area contributed by atoms with Gasteiger partial charge in [-0.2, -0.15) is 0 Å². The molecule has 0 bridgehead atoms. The number of allylic oxidation sites excluding steroid dienone is 1. The lowest BCUT2D eigenvalue weighted by atomic mass is 9.87. The fourth-order valence-electron chi connectivity index (χ4n) is 2.85. The quantitative estimate of drug-likeness (QED) is 0.737. The fourth-order valence-corrected chi connectivity index (χ4v) is 2.85. The minimum atomic E-state index is -0.182. The Kier molecular flexibility index (Phi) is 5.71. The standard InChI is InChI=1S/C20H22O2.C2H6/c1-20(2,3)22-17-11-12-19-15(13-17)5-4-6-18(19)14-7-9-16(21)10-8-14;1-2/h6-13,21H,4-5H2,1-3H3;1-2H3. The largest absolute Gasteiger partial charge is 0.508 e. The van der Waals surface area contributed by atoms with Crippen molar-refractivity contribution < 1.29 is 9.84 Å². The summed E-state index contributed by atoms with van der Waals surface area (Å²) in [4.78, 5) is 0. The second-order valence-electron chi connectivity index (χ2n) is 6.74. The van der Waals surface area contributed by atoms with Gasteiger partial charge in [0.05, 0.1) is 0 Å². The highest BCUT2D eigenvalue weighted by molar-refractivity contribution is 5.83. The molecule has 0 radical (unpaired) electrons. The predicted octanol–water partition coefficient (Wildman–Crippen LogP) is 5.97. The van der Waals surface area contributed by atoms with Crippen molar-refractivity contribution in [2.45, 2.75) is 53.1 Å². The first-order chi connectivity index (χ1) is 11.4. The molecule has 0 saturated carbocycles. The van der Waals surface area contributed by atoms with Crippen molar-refractivity contribution in [1.82, 2.24) is 0 Å². The second-order valence-corrected chi connectivity index (χ2v) is 6.74. The van der Waals surface area contributed by atoms with Crippen molar-refractivity contribution in [2.24, 2.45) is 0 Å². The molecule has 3 rings (SSSR count). The molecule has 0 heterocycles. The van der Waals surface area contributed by atoms with Crippen molar-refractivity contribution in [1.29, 1.82) is 0 Å². The SMILES string of the molecule is CC.CC(C)(C)Oc1ccc2c(c1)CCC=C2c1ccc(O)cc1. The van der Waals surface area contributed by atoms with Gasteiger partial charge in [0.25, 0.3) is 0 Å². The third kappa shape index (κ3) is 4.41. The molecule has 2 heteroatoms. The monoisotopic (exact) mass is 324 g/mol. The van der Waals surface area contributed by atoms with Crippen LogP contribution in [0.4, 0.5) is 0 Å². The van der Waals surface area contributed by atoms with E-state index in [-0.39, 0.29) is 5.60 Å². The third-order valence-electron chi connectivity index (χ3n) is 3.73. The zero-order chi connectivity index (χ0) is 17.7. The lowest BCUT2D eigenvalue weighted by molar-refractivity contribution is 0.131. The molecule has 0 saturated heterocycles. The van der Waals surface area contributed by atoms with Gasteiger partial charge >= 0.3 is 0 Å². The summed E-state index contributed by atoms with van der Waals surface area (Å²) in [6, 6.07) is 13.8. The van der Waals surface area contributed by atoms with Crippen molar-refractivity contribution in [3.8, 4) is 11.5 Å². The molecule has 0 unspecified atom stereocenters. The number of ether oxygens (including phenoxy) is 1. The Morgan fingerprint density at radius 3 is 2.25 bits per heavy atom. The average molecular weight is 324 g/mol. The maximum Gasteiger partial charge on any atom is 0.120 e. The number of aryl methyl sites for hydroxylation is 1. The summed E-state index contributed by atoms with van der Waals surface area (Å²) >= 11 is 0. The van der Waals surface area contributed by atoms with E-state index in [0.717, 1.165) is 24.2 Å². The maximum atomic E-state index is 9.46. The van der Waals surface area contributed by atoms with E-state index < -0.39 is 0 Å². The second kappa shape index (κ2) is 7.57. The molecule has 128 valence electrons. The van der Waals surface area contributed by atoms with Gasteiger partial charge in [-0.3, -0.25) is 0 Å². The van der Waals surface area contributed by atoms with Crippen LogP contribution in [-0.4, -0.2) is 10.7 Å². The summed E-state index contributed by atoms with van der Waals surface area (Å²) in [6.07, 6.45) is 4.35. The first-order valence-electron chi connectivity index (χ1n) is 8.74. The van der Waals surface area contributed by atoms with Gasteiger partial charge in [0.2, 0.25) is 0 Å². The van der Waals surface area contributed by atoms with Crippen LogP contribution in [0.2, 0.25) is 0 Å². The van der Waals surface area contributed by atoms with Crippen LogP contribution in [0.5, 0.6) is 11.5 Å². The number of rotatable bonds is 2. The van der Waals surface area contributed by atoms with Crippen LogP contribution in [0.3, 0.4) is 0 Å². The van der Waals surface area contributed by atoms with Crippen LogP contribution in [0.25, 0.3) is 5.57 Å². The van der Waals surface area contributed by atoms with Crippen LogP contribution in [-0.2, 0) is 6.42 Å². The van der Waals surface area contributed by atoms with Gasteiger partial charge in [0.1, 0.15) is 17.1 Å². The zero-order valence-electron chi connectivity index (χ0n) is 15.4. The van der Waals surface area contributed by atoms with Gasteiger partial charge in [-0.25, -0.2) is 0 Å². The van der Waals surface area contributed by atoms with Crippen LogP contribution >= 0.6 is 0 Å². The van der Waals surface area contributed by atoms with Crippen LogP contribution in [0.1, 0.15) is 57.7 Å². The lowest BCUT2D eigenvalue weighted by Crippen LogP contribution is -2.23. The molecule has 1 N–H and O–H groups in total. The maximum absolute atomic E-state index is 9.46. The van der Waals surface area contributed by atoms with Gasteiger partial charge < -0.3 is 9.84 Å². The minimum absolute atomic E-state index is 0.182. The van der Waals surface area contributed by atoms with E-state index in [4.69, 9.17) is 4.74 Å². The van der Waals surface area contributed by atoms with Crippen LogP contribution in [0, 0.1) is 0 Å². The summed E-state index contributed by atoms with van der Waals surface area (Å²) in [5.74, 6) is 1.23. The van der Waals surface area contributed by atoms with E-state index in [1.165, 1.54) is 16.7 Å². The molecule has 1 aliphatic rings. The van der Waals surface area contributed by atoms with E-state index in [2.05, 4.69) is 39.0 Å². The topological polar surface area (TPSA) is 29.5 Å². The summed E-state index contributed by atoms with van der Waals surface area (Å²) in [5.41, 5.74) is 4.79. The number of aromatic hydroxyl groups is 1. The fraction of sp³-hybridized carbons (Fsp3) is 0.364.